The molecule has 0 fully saturated rings. The molecule has 1 amide bonds. The van der Waals surface area contributed by atoms with E-state index in [1.54, 1.807) is 31.0 Å². The summed E-state index contributed by atoms with van der Waals surface area (Å²) in [5.41, 5.74) is 0. The maximum Gasteiger partial charge on any atom is 0.244 e. The zero-order valence-corrected chi connectivity index (χ0v) is 9.70. The Kier molecular flexibility index (Phi) is 4.22. The summed E-state index contributed by atoms with van der Waals surface area (Å²) in [5, 5.41) is 2.86. The van der Waals surface area contributed by atoms with Crippen molar-refractivity contribution in [1.82, 2.24) is 9.88 Å². The van der Waals surface area contributed by atoms with Crippen molar-refractivity contribution in [3.8, 4) is 0 Å². The van der Waals surface area contributed by atoms with Gasteiger partial charge in [-0.2, -0.15) is 4.39 Å². The number of anilines is 1. The Morgan fingerprint density at radius 2 is 2.31 bits per heavy atom. The molecule has 1 atom stereocenters. The lowest BCUT2D eigenvalue weighted by atomic mass is 10.3. The Hall–Kier alpha value is -1.65. The topological polar surface area (TPSA) is 45.2 Å². The van der Waals surface area contributed by atoms with Gasteiger partial charge in [-0.1, -0.05) is 6.07 Å². The van der Waals surface area contributed by atoms with Crippen LogP contribution in [0.3, 0.4) is 0 Å². The molecule has 4 nitrogen and oxygen atoms in total. The largest absolute Gasteiger partial charge is 0.359 e. The van der Waals surface area contributed by atoms with Crippen molar-refractivity contribution in [1.29, 1.82) is 0 Å². The van der Waals surface area contributed by atoms with Gasteiger partial charge in [-0.15, -0.1) is 0 Å². The average Bonchev–Trinajstić information content (AvgIpc) is 2.27. The number of aromatic nitrogens is 1. The number of hydrogen-bond acceptors (Lipinski definition) is 3. The Balaban J connectivity index is 2.64. The first-order valence-electron chi connectivity index (χ1n) is 5.18. The van der Waals surface area contributed by atoms with Gasteiger partial charge in [0.05, 0.1) is 0 Å². The highest BCUT2D eigenvalue weighted by Gasteiger charge is 2.16. The lowest BCUT2D eigenvalue weighted by Crippen LogP contribution is -2.39. The van der Waals surface area contributed by atoms with E-state index in [0.29, 0.717) is 12.4 Å². The van der Waals surface area contributed by atoms with Crippen LogP contribution in [-0.2, 0) is 4.79 Å². The van der Waals surface area contributed by atoms with E-state index in [1.165, 1.54) is 6.07 Å². The van der Waals surface area contributed by atoms with Gasteiger partial charge in [-0.05, 0) is 26.0 Å². The van der Waals surface area contributed by atoms with Gasteiger partial charge in [0.15, 0.2) is 0 Å². The quantitative estimate of drug-likeness (QED) is 0.790. The Bertz CT molecular complexity index is 370. The molecule has 1 unspecified atom stereocenters. The molecule has 1 heterocycles. The van der Waals surface area contributed by atoms with E-state index in [4.69, 9.17) is 0 Å². The summed E-state index contributed by atoms with van der Waals surface area (Å²) in [4.78, 5) is 16.9. The van der Waals surface area contributed by atoms with Crippen LogP contribution < -0.4 is 5.32 Å². The number of carbonyl (C=O) groups is 1. The van der Waals surface area contributed by atoms with Crippen LogP contribution in [-0.4, -0.2) is 35.4 Å². The Morgan fingerprint density at radius 3 is 2.88 bits per heavy atom. The molecule has 88 valence electrons. The molecule has 1 N–H and O–H groups in total. The number of halogens is 1. The van der Waals surface area contributed by atoms with Crippen molar-refractivity contribution in [2.45, 2.75) is 19.9 Å². The molecule has 5 heteroatoms. The van der Waals surface area contributed by atoms with E-state index in [1.807, 2.05) is 6.92 Å². The van der Waals surface area contributed by atoms with Gasteiger partial charge in [0.1, 0.15) is 11.9 Å². The normalized spacial score (nSPS) is 12.0. The van der Waals surface area contributed by atoms with Crippen molar-refractivity contribution >= 4 is 11.7 Å². The van der Waals surface area contributed by atoms with Gasteiger partial charge in [-0.3, -0.25) is 4.79 Å². The molecular formula is C11H16FN3O. The van der Waals surface area contributed by atoms with Gasteiger partial charge in [0, 0.05) is 13.6 Å². The summed E-state index contributed by atoms with van der Waals surface area (Å²) < 4.78 is 12.8. The maximum absolute atomic E-state index is 12.8. The molecule has 0 aliphatic heterocycles. The lowest BCUT2D eigenvalue weighted by Gasteiger charge is -2.20. The SMILES string of the molecule is CCN(C)C(=O)C(C)Nc1cccc(F)n1. The molecule has 16 heavy (non-hydrogen) atoms. The number of rotatable bonds is 4. The fourth-order valence-corrected chi connectivity index (χ4v) is 1.26. The van der Waals surface area contributed by atoms with Crippen LogP contribution in [0.25, 0.3) is 0 Å². The number of nitrogens with zero attached hydrogens (tertiary/aromatic N) is 2. The van der Waals surface area contributed by atoms with E-state index in [0.717, 1.165) is 0 Å². The minimum absolute atomic E-state index is 0.0476. The smallest absolute Gasteiger partial charge is 0.244 e. The second-order valence-electron chi connectivity index (χ2n) is 3.56. The summed E-state index contributed by atoms with van der Waals surface area (Å²) in [6.07, 6.45) is 0. The zero-order chi connectivity index (χ0) is 12.1. The van der Waals surface area contributed by atoms with Crippen molar-refractivity contribution in [3.63, 3.8) is 0 Å². The summed E-state index contributed by atoms with van der Waals surface area (Å²) in [5.74, 6) is -0.243. The van der Waals surface area contributed by atoms with Crippen LogP contribution in [0.2, 0.25) is 0 Å². The molecule has 0 aliphatic carbocycles. The van der Waals surface area contributed by atoms with Gasteiger partial charge < -0.3 is 10.2 Å². The van der Waals surface area contributed by atoms with Crippen LogP contribution in [0.4, 0.5) is 10.2 Å². The fourth-order valence-electron chi connectivity index (χ4n) is 1.26. The number of likely N-dealkylation sites (N-methyl/N-ethyl adjacent to an activating group) is 1. The number of nitrogens with one attached hydrogen (secondary N) is 1. The summed E-state index contributed by atoms with van der Waals surface area (Å²) in [6, 6.07) is 4.01. The van der Waals surface area contributed by atoms with E-state index in [9.17, 15) is 9.18 Å². The predicted molar refractivity (Wildman–Crippen MR) is 60.6 cm³/mol. The molecule has 1 aromatic rings. The zero-order valence-electron chi connectivity index (χ0n) is 9.70. The van der Waals surface area contributed by atoms with Gasteiger partial charge >= 0.3 is 0 Å². The van der Waals surface area contributed by atoms with Gasteiger partial charge in [-0.25, -0.2) is 4.98 Å². The molecule has 0 saturated heterocycles. The molecule has 0 aliphatic rings. The number of pyridine rings is 1. The predicted octanol–water partition coefficient (Wildman–Crippen LogP) is 1.50. The van der Waals surface area contributed by atoms with Crippen molar-refractivity contribution < 1.29 is 9.18 Å². The number of hydrogen-bond donors (Lipinski definition) is 1. The highest BCUT2D eigenvalue weighted by Crippen LogP contribution is 2.06. The number of carbonyl (C=O) groups excluding carboxylic acids is 1. The summed E-state index contributed by atoms with van der Waals surface area (Å²) >= 11 is 0. The van der Waals surface area contributed by atoms with E-state index >= 15 is 0 Å². The molecule has 1 aromatic heterocycles. The van der Waals surface area contributed by atoms with E-state index in [2.05, 4.69) is 10.3 Å². The molecule has 1 rings (SSSR count). The van der Waals surface area contributed by atoms with E-state index in [-0.39, 0.29) is 5.91 Å². The molecule has 0 saturated carbocycles. The summed E-state index contributed by atoms with van der Waals surface area (Å²) in [6.45, 7) is 4.26. The molecule has 0 aromatic carbocycles. The minimum atomic E-state index is -0.562. The molecule has 0 radical (unpaired) electrons. The number of amides is 1. The third-order valence-electron chi connectivity index (χ3n) is 2.30. The lowest BCUT2D eigenvalue weighted by molar-refractivity contribution is -0.130. The first-order chi connectivity index (χ1) is 7.54. The maximum atomic E-state index is 12.8. The van der Waals surface area contributed by atoms with Gasteiger partial charge in [0.2, 0.25) is 11.9 Å². The Morgan fingerprint density at radius 1 is 1.62 bits per heavy atom. The minimum Gasteiger partial charge on any atom is -0.359 e. The molecular weight excluding hydrogens is 209 g/mol. The second kappa shape index (κ2) is 5.44. The first-order valence-corrected chi connectivity index (χ1v) is 5.18. The van der Waals surface area contributed by atoms with Crippen LogP contribution in [0.15, 0.2) is 18.2 Å². The standard InChI is InChI=1S/C11H16FN3O/c1-4-15(3)11(16)8(2)13-10-7-5-6-9(12)14-10/h5-8H,4H2,1-3H3,(H,13,14). The van der Waals surface area contributed by atoms with Crippen LogP contribution in [0.5, 0.6) is 0 Å². The molecule has 0 bridgehead atoms. The third kappa shape index (κ3) is 3.18. The van der Waals surface area contributed by atoms with Crippen LogP contribution in [0, 0.1) is 5.95 Å². The van der Waals surface area contributed by atoms with Crippen LogP contribution in [0.1, 0.15) is 13.8 Å². The van der Waals surface area contributed by atoms with Crippen molar-refractivity contribution in [3.05, 3.63) is 24.1 Å². The van der Waals surface area contributed by atoms with Crippen molar-refractivity contribution in [2.24, 2.45) is 0 Å². The van der Waals surface area contributed by atoms with E-state index < -0.39 is 12.0 Å². The fraction of sp³-hybridized carbons (Fsp3) is 0.455. The second-order valence-corrected chi connectivity index (χ2v) is 3.56. The van der Waals surface area contributed by atoms with Crippen molar-refractivity contribution in [2.75, 3.05) is 18.9 Å². The average molecular weight is 225 g/mol. The summed E-state index contributed by atoms with van der Waals surface area (Å²) in [7, 11) is 1.72. The van der Waals surface area contributed by atoms with Gasteiger partial charge in [0.25, 0.3) is 0 Å². The van der Waals surface area contributed by atoms with Crippen LogP contribution >= 0.6 is 0 Å². The highest BCUT2D eigenvalue weighted by atomic mass is 19.1. The Labute approximate surface area is 94.5 Å². The highest BCUT2D eigenvalue weighted by molar-refractivity contribution is 5.83. The molecule has 0 spiro atoms. The first kappa shape index (κ1) is 12.4. The monoisotopic (exact) mass is 225 g/mol. The third-order valence-corrected chi connectivity index (χ3v) is 2.30.